The fourth-order valence-electron chi connectivity index (χ4n) is 5.07. The Bertz CT molecular complexity index is 1280. The Morgan fingerprint density at radius 1 is 1.29 bits per heavy atom. The molecule has 5 rings (SSSR count). The largest absolute Gasteiger partial charge is 0.444 e. The minimum atomic E-state index is -0.494. The summed E-state index contributed by atoms with van der Waals surface area (Å²) in [5.74, 6) is 1.34. The number of hydrogen-bond donors (Lipinski definition) is 0. The Balaban J connectivity index is 1.49. The van der Waals surface area contributed by atoms with Crippen LogP contribution in [-0.2, 0) is 15.9 Å². The van der Waals surface area contributed by atoms with Gasteiger partial charge in [-0.05, 0) is 58.7 Å². The second-order valence-electron chi connectivity index (χ2n) is 10.5. The molecule has 2 aromatic heterocycles. The molecule has 1 amide bonds. The molecule has 0 N–H and O–H groups in total. The number of nitriles is 1. The lowest BCUT2D eigenvalue weighted by Crippen LogP contribution is -2.52. The average molecular weight is 462 g/mol. The number of fused-ring (bicyclic) bond motifs is 3. The van der Waals surface area contributed by atoms with Crippen molar-refractivity contribution in [2.24, 2.45) is 5.92 Å². The van der Waals surface area contributed by atoms with Crippen LogP contribution in [0.1, 0.15) is 58.0 Å². The molecule has 3 aromatic rings. The average Bonchev–Trinajstić information content (AvgIpc) is 3.12. The van der Waals surface area contributed by atoms with E-state index in [4.69, 9.17) is 14.5 Å². The van der Waals surface area contributed by atoms with Gasteiger partial charge in [0.05, 0.1) is 35.0 Å². The Hall–Kier alpha value is -3.18. The van der Waals surface area contributed by atoms with Gasteiger partial charge in [0.25, 0.3) is 0 Å². The van der Waals surface area contributed by atoms with E-state index in [-0.39, 0.29) is 18.2 Å². The number of imidazole rings is 1. The topological polar surface area (TPSA) is 93.3 Å². The van der Waals surface area contributed by atoms with Crippen LogP contribution in [0.15, 0.2) is 24.4 Å². The molecule has 8 nitrogen and oxygen atoms in total. The maximum absolute atomic E-state index is 12.4. The number of benzene rings is 1. The highest BCUT2D eigenvalue weighted by Crippen LogP contribution is 2.35. The molecule has 8 heteroatoms. The van der Waals surface area contributed by atoms with Crippen molar-refractivity contribution in [2.45, 2.75) is 64.7 Å². The van der Waals surface area contributed by atoms with Gasteiger partial charge in [0.15, 0.2) is 0 Å². The zero-order valence-corrected chi connectivity index (χ0v) is 20.2. The van der Waals surface area contributed by atoms with Crippen LogP contribution in [0, 0.1) is 17.2 Å². The Morgan fingerprint density at radius 2 is 2.09 bits per heavy atom. The van der Waals surface area contributed by atoms with Crippen molar-refractivity contribution in [2.75, 3.05) is 19.7 Å². The monoisotopic (exact) mass is 461 g/mol. The van der Waals surface area contributed by atoms with Crippen LogP contribution in [0.5, 0.6) is 0 Å². The van der Waals surface area contributed by atoms with E-state index < -0.39 is 5.60 Å². The first-order valence-electron chi connectivity index (χ1n) is 12.0. The van der Waals surface area contributed by atoms with Crippen LogP contribution in [0.4, 0.5) is 4.79 Å². The molecule has 2 aliphatic rings. The summed E-state index contributed by atoms with van der Waals surface area (Å²) in [6.45, 7) is 9.82. The maximum atomic E-state index is 12.4. The molecule has 0 spiro atoms. The molecule has 0 bridgehead atoms. The highest BCUT2D eigenvalue weighted by atomic mass is 16.6. The molecule has 1 aromatic carbocycles. The van der Waals surface area contributed by atoms with Gasteiger partial charge in [-0.25, -0.2) is 9.78 Å². The maximum Gasteiger partial charge on any atom is 0.410 e. The minimum Gasteiger partial charge on any atom is -0.444 e. The quantitative estimate of drug-likeness (QED) is 0.566. The first-order chi connectivity index (χ1) is 16.2. The lowest BCUT2D eigenvalue weighted by atomic mass is 9.95. The third kappa shape index (κ3) is 4.32. The zero-order chi connectivity index (χ0) is 24.0. The molecule has 2 aliphatic heterocycles. The van der Waals surface area contributed by atoms with Gasteiger partial charge in [0.2, 0.25) is 0 Å². The van der Waals surface area contributed by atoms with Crippen molar-refractivity contribution in [1.82, 2.24) is 19.4 Å². The summed E-state index contributed by atoms with van der Waals surface area (Å²) in [4.78, 5) is 23.7. The molecule has 0 saturated carbocycles. The highest BCUT2D eigenvalue weighted by molar-refractivity contribution is 6.02. The van der Waals surface area contributed by atoms with E-state index in [1.807, 2.05) is 39.1 Å². The van der Waals surface area contributed by atoms with E-state index in [1.54, 1.807) is 11.0 Å². The first kappa shape index (κ1) is 22.6. The Kier molecular flexibility index (Phi) is 5.68. The molecule has 2 fully saturated rings. The molecule has 2 atom stereocenters. The van der Waals surface area contributed by atoms with Crippen LogP contribution in [-0.4, -0.2) is 56.9 Å². The minimum absolute atomic E-state index is 0.179. The van der Waals surface area contributed by atoms with E-state index in [0.29, 0.717) is 31.2 Å². The van der Waals surface area contributed by atoms with Gasteiger partial charge in [-0.3, -0.25) is 4.98 Å². The third-order valence-corrected chi connectivity index (χ3v) is 6.62. The fraction of sp³-hybridized carbons (Fsp3) is 0.538. The van der Waals surface area contributed by atoms with Crippen molar-refractivity contribution in [1.29, 1.82) is 5.26 Å². The van der Waals surface area contributed by atoms with Crippen molar-refractivity contribution in [3.05, 3.63) is 35.8 Å². The molecular formula is C26H31N5O3. The number of carbonyl (C=O) groups is 1. The molecule has 178 valence electrons. The van der Waals surface area contributed by atoms with E-state index >= 15 is 0 Å². The molecular weight excluding hydrogens is 430 g/mol. The number of nitrogens with zero attached hydrogens (tertiary/aromatic N) is 5. The van der Waals surface area contributed by atoms with Gasteiger partial charge in [0.1, 0.15) is 16.9 Å². The smallest absolute Gasteiger partial charge is 0.410 e. The van der Waals surface area contributed by atoms with Crippen molar-refractivity contribution in [3.8, 4) is 6.07 Å². The van der Waals surface area contributed by atoms with Crippen molar-refractivity contribution < 1.29 is 14.3 Å². The number of carbonyl (C=O) groups excluding carboxylic acids is 1. The number of ether oxygens (including phenoxy) is 2. The number of hydrogen-bond acceptors (Lipinski definition) is 6. The molecule has 4 heterocycles. The SMILES string of the molecule is C[C@@H]1C[C@H](n2c(CC3CN(C(=O)OC(C)(C)C)C3)nc3cnc4ccc(C#N)cc4c32)CCO1. The summed E-state index contributed by atoms with van der Waals surface area (Å²) < 4.78 is 13.7. The summed E-state index contributed by atoms with van der Waals surface area (Å²) in [7, 11) is 0. The second-order valence-corrected chi connectivity index (χ2v) is 10.5. The second kappa shape index (κ2) is 8.55. The summed E-state index contributed by atoms with van der Waals surface area (Å²) in [5, 5.41) is 10.4. The van der Waals surface area contributed by atoms with Gasteiger partial charge in [0, 0.05) is 43.5 Å². The molecule has 0 aliphatic carbocycles. The Labute approximate surface area is 199 Å². The van der Waals surface area contributed by atoms with Gasteiger partial charge < -0.3 is 18.9 Å². The van der Waals surface area contributed by atoms with Crippen LogP contribution in [0.25, 0.3) is 21.9 Å². The number of aromatic nitrogens is 3. The summed E-state index contributed by atoms with van der Waals surface area (Å²) >= 11 is 0. The third-order valence-electron chi connectivity index (χ3n) is 6.62. The summed E-state index contributed by atoms with van der Waals surface area (Å²) in [6.07, 6.45) is 4.36. The number of amides is 1. The van der Waals surface area contributed by atoms with Gasteiger partial charge in [-0.15, -0.1) is 0 Å². The molecule has 0 radical (unpaired) electrons. The van der Waals surface area contributed by atoms with Crippen LogP contribution >= 0.6 is 0 Å². The standard InChI is InChI=1S/C26H31N5O3/c1-16-9-19(7-8-33-16)31-23(11-18-14-30(15-18)25(32)34-26(2,3)4)29-22-13-28-21-6-5-17(12-27)10-20(21)24(22)31/h5-6,10,13,16,18-19H,7-9,11,14-15H2,1-4H3/t16-,19-/m1/s1. The summed E-state index contributed by atoms with van der Waals surface area (Å²) in [6, 6.07) is 8.15. The van der Waals surface area contributed by atoms with E-state index in [0.717, 1.165) is 47.0 Å². The lowest BCUT2D eigenvalue weighted by Gasteiger charge is -2.40. The predicted octanol–water partition coefficient (Wildman–Crippen LogP) is 4.61. The van der Waals surface area contributed by atoms with Gasteiger partial charge in [-0.2, -0.15) is 5.26 Å². The van der Waals surface area contributed by atoms with Gasteiger partial charge in [-0.1, -0.05) is 0 Å². The lowest BCUT2D eigenvalue weighted by molar-refractivity contribution is -0.00270. The Morgan fingerprint density at radius 3 is 2.79 bits per heavy atom. The molecule has 0 unspecified atom stereocenters. The van der Waals surface area contributed by atoms with Crippen molar-refractivity contribution in [3.63, 3.8) is 0 Å². The van der Waals surface area contributed by atoms with E-state index in [2.05, 4.69) is 22.5 Å². The fourth-order valence-corrected chi connectivity index (χ4v) is 5.07. The normalized spacial score (nSPS) is 21.4. The zero-order valence-electron chi connectivity index (χ0n) is 20.2. The number of pyridine rings is 1. The van der Waals surface area contributed by atoms with Crippen LogP contribution in [0.2, 0.25) is 0 Å². The predicted molar refractivity (Wildman–Crippen MR) is 128 cm³/mol. The summed E-state index contributed by atoms with van der Waals surface area (Å²) in [5.41, 5.74) is 2.87. The molecule has 2 saturated heterocycles. The van der Waals surface area contributed by atoms with E-state index in [1.165, 1.54) is 0 Å². The molecule has 34 heavy (non-hydrogen) atoms. The van der Waals surface area contributed by atoms with Gasteiger partial charge >= 0.3 is 6.09 Å². The van der Waals surface area contributed by atoms with Crippen molar-refractivity contribution >= 4 is 28.0 Å². The van der Waals surface area contributed by atoms with Crippen LogP contribution in [0.3, 0.4) is 0 Å². The number of likely N-dealkylation sites (tertiary alicyclic amines) is 1. The number of rotatable bonds is 3. The van der Waals surface area contributed by atoms with E-state index in [9.17, 15) is 10.1 Å². The first-order valence-corrected chi connectivity index (χ1v) is 12.0. The van der Waals surface area contributed by atoms with Crippen LogP contribution < -0.4 is 0 Å². The highest BCUT2D eigenvalue weighted by Gasteiger charge is 2.35.